The van der Waals surface area contributed by atoms with E-state index in [0.29, 0.717) is 16.5 Å². The summed E-state index contributed by atoms with van der Waals surface area (Å²) in [6.07, 6.45) is 0. The average molecular weight is 524 g/mol. The van der Waals surface area contributed by atoms with Gasteiger partial charge in [0.05, 0.1) is 10.9 Å². The maximum atomic E-state index is 12.5. The first kappa shape index (κ1) is 23.1. The summed E-state index contributed by atoms with van der Waals surface area (Å²) < 4.78 is 33.8. The molecule has 1 atom stereocenters. The highest BCUT2D eigenvalue weighted by Gasteiger charge is 2.15. The molecule has 1 amide bonds. The molecule has 0 unspecified atom stereocenters. The van der Waals surface area contributed by atoms with Gasteiger partial charge in [-0.3, -0.25) is 9.52 Å². The Morgan fingerprint density at radius 3 is 2.23 bits per heavy atom. The van der Waals surface area contributed by atoms with Gasteiger partial charge in [-0.15, -0.1) is 0 Å². The van der Waals surface area contributed by atoms with E-state index in [9.17, 15) is 13.2 Å². The molecule has 9 heteroatoms. The number of carbonyl (C=O) groups excluding carboxylic acids is 1. The number of halogens is 2. The fraction of sp³-hybridized carbons (Fsp3) is 0.136. The average Bonchev–Trinajstić information content (AvgIpc) is 2.74. The van der Waals surface area contributed by atoms with E-state index in [2.05, 4.69) is 26.0 Å². The van der Waals surface area contributed by atoms with Gasteiger partial charge in [0.25, 0.3) is 15.9 Å². The molecule has 3 aromatic rings. The van der Waals surface area contributed by atoms with Crippen molar-refractivity contribution in [2.24, 2.45) is 0 Å². The molecule has 0 saturated carbocycles. The van der Waals surface area contributed by atoms with E-state index in [-0.39, 0.29) is 23.5 Å². The molecule has 0 heterocycles. The summed E-state index contributed by atoms with van der Waals surface area (Å²) in [7, 11) is -3.73. The summed E-state index contributed by atoms with van der Waals surface area (Å²) >= 11 is 9.18. The Labute approximate surface area is 194 Å². The fourth-order valence-electron chi connectivity index (χ4n) is 2.71. The molecule has 6 nitrogen and oxygen atoms in total. The van der Waals surface area contributed by atoms with Crippen molar-refractivity contribution in [3.05, 3.63) is 87.9 Å². The highest BCUT2D eigenvalue weighted by molar-refractivity contribution is 9.10. The van der Waals surface area contributed by atoms with Gasteiger partial charge in [0.15, 0.2) is 6.61 Å². The van der Waals surface area contributed by atoms with Crippen molar-refractivity contribution < 1.29 is 17.9 Å². The van der Waals surface area contributed by atoms with Crippen molar-refractivity contribution in [2.45, 2.75) is 17.9 Å². The minimum atomic E-state index is -3.73. The lowest BCUT2D eigenvalue weighted by atomic mass is 10.1. The highest BCUT2D eigenvalue weighted by Crippen LogP contribution is 2.21. The molecule has 0 radical (unpaired) electrons. The quantitative estimate of drug-likeness (QED) is 0.427. The van der Waals surface area contributed by atoms with E-state index < -0.39 is 10.0 Å². The van der Waals surface area contributed by atoms with Crippen molar-refractivity contribution in [1.29, 1.82) is 0 Å². The SMILES string of the molecule is C[C@@H](NC(=O)COc1ccc(S(=O)(=O)Nc2ccc(Br)cc2)cc1)c1ccc(Cl)cc1. The second-order valence-corrected chi connectivity index (χ2v) is 9.75. The molecular weight excluding hydrogens is 504 g/mol. The molecule has 162 valence electrons. The van der Waals surface area contributed by atoms with Crippen LogP contribution in [-0.4, -0.2) is 20.9 Å². The number of benzene rings is 3. The van der Waals surface area contributed by atoms with Crippen molar-refractivity contribution in [2.75, 3.05) is 11.3 Å². The third-order valence-corrected chi connectivity index (χ3v) is 6.53. The summed E-state index contributed by atoms with van der Waals surface area (Å²) in [5.74, 6) is 0.0907. The number of hydrogen-bond donors (Lipinski definition) is 2. The first-order chi connectivity index (χ1) is 14.7. The molecule has 0 aliphatic rings. The number of rotatable bonds is 8. The van der Waals surface area contributed by atoms with E-state index in [1.807, 2.05) is 19.1 Å². The van der Waals surface area contributed by atoms with Crippen LogP contribution in [0.4, 0.5) is 5.69 Å². The fourth-order valence-corrected chi connectivity index (χ4v) is 4.16. The predicted molar refractivity (Wildman–Crippen MR) is 125 cm³/mol. The second-order valence-electron chi connectivity index (χ2n) is 6.71. The Morgan fingerprint density at radius 2 is 1.61 bits per heavy atom. The normalized spacial score (nSPS) is 12.1. The van der Waals surface area contributed by atoms with Gasteiger partial charge in [-0.25, -0.2) is 8.42 Å². The maximum Gasteiger partial charge on any atom is 0.261 e. The monoisotopic (exact) mass is 522 g/mol. The summed E-state index contributed by atoms with van der Waals surface area (Å²) in [5, 5.41) is 3.46. The molecule has 0 aromatic heterocycles. The number of ether oxygens (including phenoxy) is 1. The third-order valence-electron chi connectivity index (χ3n) is 4.35. The smallest absolute Gasteiger partial charge is 0.261 e. The first-order valence-corrected chi connectivity index (χ1v) is 11.9. The lowest BCUT2D eigenvalue weighted by Crippen LogP contribution is -2.31. The molecule has 3 aromatic carbocycles. The van der Waals surface area contributed by atoms with Crippen LogP contribution in [0.3, 0.4) is 0 Å². The van der Waals surface area contributed by atoms with Gasteiger partial charge in [0.1, 0.15) is 5.75 Å². The van der Waals surface area contributed by atoms with Crippen molar-refractivity contribution in [3.63, 3.8) is 0 Å². The number of hydrogen-bond acceptors (Lipinski definition) is 4. The molecule has 0 fully saturated rings. The van der Waals surface area contributed by atoms with Gasteiger partial charge in [0.2, 0.25) is 0 Å². The zero-order valence-electron chi connectivity index (χ0n) is 16.5. The van der Waals surface area contributed by atoms with Crippen LogP contribution in [0.2, 0.25) is 5.02 Å². The van der Waals surface area contributed by atoms with Crippen LogP contribution in [-0.2, 0) is 14.8 Å². The van der Waals surface area contributed by atoms with Gasteiger partial charge >= 0.3 is 0 Å². The van der Waals surface area contributed by atoms with Crippen LogP contribution >= 0.6 is 27.5 Å². The molecular formula is C22H20BrClN2O4S. The van der Waals surface area contributed by atoms with E-state index in [0.717, 1.165) is 10.0 Å². The van der Waals surface area contributed by atoms with Crippen LogP contribution in [0, 0.1) is 0 Å². The van der Waals surface area contributed by atoms with Crippen molar-refractivity contribution in [3.8, 4) is 5.75 Å². The lowest BCUT2D eigenvalue weighted by molar-refractivity contribution is -0.123. The molecule has 0 saturated heterocycles. The van der Waals surface area contributed by atoms with Gasteiger partial charge < -0.3 is 10.1 Å². The van der Waals surface area contributed by atoms with E-state index in [1.54, 1.807) is 36.4 Å². The molecule has 0 bridgehead atoms. The van der Waals surface area contributed by atoms with Gasteiger partial charge in [0, 0.05) is 15.2 Å². The molecule has 0 aliphatic carbocycles. The third kappa shape index (κ3) is 6.72. The lowest BCUT2D eigenvalue weighted by Gasteiger charge is -2.15. The van der Waals surface area contributed by atoms with Crippen LogP contribution < -0.4 is 14.8 Å². The summed E-state index contributed by atoms with van der Waals surface area (Å²) in [5.41, 5.74) is 1.38. The molecule has 0 spiro atoms. The van der Waals surface area contributed by atoms with Crippen LogP contribution in [0.15, 0.2) is 82.2 Å². The minimum Gasteiger partial charge on any atom is -0.484 e. The Balaban J connectivity index is 1.54. The standard InChI is InChI=1S/C22H20BrClN2O4S/c1-15(16-2-6-18(24)7-3-16)25-22(27)14-30-20-10-12-21(13-11-20)31(28,29)26-19-8-4-17(23)5-9-19/h2-13,15,26H,14H2,1H3,(H,25,27)/t15-/m1/s1. The molecule has 31 heavy (non-hydrogen) atoms. The summed E-state index contributed by atoms with van der Waals surface area (Å²) in [6, 6.07) is 19.7. The summed E-state index contributed by atoms with van der Waals surface area (Å²) in [4.78, 5) is 12.2. The van der Waals surface area contributed by atoms with Crippen molar-refractivity contribution >= 4 is 49.1 Å². The summed E-state index contributed by atoms with van der Waals surface area (Å²) in [6.45, 7) is 1.67. The first-order valence-electron chi connectivity index (χ1n) is 9.29. The Hall–Kier alpha value is -2.55. The van der Waals surface area contributed by atoms with Gasteiger partial charge in [-0.05, 0) is 73.2 Å². The van der Waals surface area contributed by atoms with Crippen LogP contribution in [0.1, 0.15) is 18.5 Å². The minimum absolute atomic E-state index is 0.0866. The number of anilines is 1. The molecule has 3 rings (SSSR count). The van der Waals surface area contributed by atoms with E-state index in [4.69, 9.17) is 16.3 Å². The van der Waals surface area contributed by atoms with E-state index in [1.165, 1.54) is 24.3 Å². The molecule has 2 N–H and O–H groups in total. The zero-order chi connectivity index (χ0) is 22.4. The number of amides is 1. The van der Waals surface area contributed by atoms with Gasteiger partial charge in [-0.2, -0.15) is 0 Å². The predicted octanol–water partition coefficient (Wildman–Crippen LogP) is 5.16. The largest absolute Gasteiger partial charge is 0.484 e. The Kier molecular flexibility index (Phi) is 7.59. The second kappa shape index (κ2) is 10.2. The topological polar surface area (TPSA) is 84.5 Å². The van der Waals surface area contributed by atoms with Crippen LogP contribution in [0.5, 0.6) is 5.75 Å². The zero-order valence-corrected chi connectivity index (χ0v) is 19.7. The van der Waals surface area contributed by atoms with E-state index >= 15 is 0 Å². The van der Waals surface area contributed by atoms with Crippen molar-refractivity contribution in [1.82, 2.24) is 5.32 Å². The number of carbonyl (C=O) groups is 1. The van der Waals surface area contributed by atoms with Crippen LogP contribution in [0.25, 0.3) is 0 Å². The number of sulfonamides is 1. The van der Waals surface area contributed by atoms with Gasteiger partial charge in [-0.1, -0.05) is 39.7 Å². The maximum absolute atomic E-state index is 12.5. The molecule has 0 aliphatic heterocycles. The Bertz CT molecular complexity index is 1140. The Morgan fingerprint density at radius 1 is 1.00 bits per heavy atom. The highest BCUT2D eigenvalue weighted by atomic mass is 79.9. The number of nitrogens with one attached hydrogen (secondary N) is 2.